The topological polar surface area (TPSA) is 185 Å². The number of hydrogen-bond donors (Lipinski definition) is 4. The van der Waals surface area contributed by atoms with Gasteiger partial charge in [-0.25, -0.2) is 27.8 Å². The van der Waals surface area contributed by atoms with Crippen LogP contribution in [0.4, 0.5) is 10.1 Å². The van der Waals surface area contributed by atoms with Crippen LogP contribution in [-0.2, 0) is 14.6 Å². The van der Waals surface area contributed by atoms with Crippen molar-refractivity contribution >= 4 is 43.6 Å². The van der Waals surface area contributed by atoms with Crippen LogP contribution in [0.1, 0.15) is 37.1 Å². The van der Waals surface area contributed by atoms with Gasteiger partial charge >= 0.3 is 0 Å². The van der Waals surface area contributed by atoms with E-state index < -0.39 is 21.0 Å². The molecule has 0 bridgehead atoms. The number of H-pyrrole nitrogens is 2. The Kier molecular flexibility index (Phi) is 7.61. The lowest BCUT2D eigenvalue weighted by Crippen LogP contribution is -2.20. The minimum absolute atomic E-state index is 0.0723. The van der Waals surface area contributed by atoms with Crippen molar-refractivity contribution in [3.05, 3.63) is 72.4 Å². The molecule has 0 saturated carbocycles. The molecular weight excluding hydrogens is 585 g/mol. The van der Waals surface area contributed by atoms with Crippen LogP contribution in [0.2, 0.25) is 0 Å². The van der Waals surface area contributed by atoms with Gasteiger partial charge in [0.1, 0.15) is 16.7 Å². The van der Waals surface area contributed by atoms with Crippen LogP contribution >= 0.6 is 0 Å². The molecule has 1 unspecified atom stereocenters. The summed E-state index contributed by atoms with van der Waals surface area (Å²) < 4.78 is 38.7. The first-order valence-corrected chi connectivity index (χ1v) is 15.8. The van der Waals surface area contributed by atoms with Crippen molar-refractivity contribution < 1.29 is 17.6 Å². The molecule has 0 aliphatic rings. The minimum atomic E-state index is -3.66. The maximum atomic E-state index is 14.6. The summed E-state index contributed by atoms with van der Waals surface area (Å²) in [5.74, 6) is -0.331. The molecule has 12 nitrogen and oxygen atoms in total. The van der Waals surface area contributed by atoms with Crippen molar-refractivity contribution in [3.8, 4) is 33.9 Å². The smallest absolute Gasteiger partial charge is 0.224 e. The predicted molar refractivity (Wildman–Crippen MR) is 165 cm³/mol. The number of carbonyl (C=O) groups excluding carboxylic acids is 1. The van der Waals surface area contributed by atoms with Crippen LogP contribution < -0.4 is 11.1 Å². The van der Waals surface area contributed by atoms with Gasteiger partial charge in [0.05, 0.1) is 28.6 Å². The van der Waals surface area contributed by atoms with Gasteiger partial charge in [-0.2, -0.15) is 5.10 Å². The van der Waals surface area contributed by atoms with E-state index in [0.717, 1.165) is 25.2 Å². The number of amides is 1. The summed E-state index contributed by atoms with van der Waals surface area (Å²) >= 11 is 0. The normalized spacial score (nSPS) is 12.5. The van der Waals surface area contributed by atoms with Gasteiger partial charge in [0.25, 0.3) is 0 Å². The summed E-state index contributed by atoms with van der Waals surface area (Å²) in [5.41, 5.74) is 11.3. The van der Waals surface area contributed by atoms with Crippen LogP contribution in [0.25, 0.3) is 56.1 Å². The Balaban J connectivity index is 1.38. The number of nitrogens with two attached hydrogens (primary N) is 1. The molecule has 1 aromatic carbocycles. The van der Waals surface area contributed by atoms with Crippen molar-refractivity contribution in [2.24, 2.45) is 5.73 Å². The van der Waals surface area contributed by atoms with Crippen molar-refractivity contribution in [1.82, 2.24) is 35.1 Å². The van der Waals surface area contributed by atoms with Crippen molar-refractivity contribution in [2.45, 2.75) is 31.6 Å². The molecule has 1 amide bonds. The summed E-state index contributed by atoms with van der Waals surface area (Å²) in [6.45, 7) is 2.03. The highest BCUT2D eigenvalue weighted by Crippen LogP contribution is 2.33. The Bertz CT molecular complexity index is 2140. The first-order chi connectivity index (χ1) is 21.1. The van der Waals surface area contributed by atoms with E-state index in [1.165, 1.54) is 18.3 Å². The molecule has 0 fully saturated rings. The number of benzene rings is 1. The second kappa shape index (κ2) is 11.5. The zero-order valence-corrected chi connectivity index (χ0v) is 24.6. The summed E-state index contributed by atoms with van der Waals surface area (Å²) in [6.07, 6.45) is 7.95. The molecule has 44 heavy (non-hydrogen) atoms. The molecule has 0 aliphatic carbocycles. The largest absolute Gasteiger partial charge is 0.335 e. The number of imidazole rings is 1. The van der Waals surface area contributed by atoms with Gasteiger partial charge < -0.3 is 16.0 Å². The standard InChI is InChI=1S/C30H28FN9O3S/c1-3-4-5-24(41)35-20-13-18(14-33-15-20)22-6-7-23-26(36-22)27(40-39-23)30-37-25-21(8-9-34-29(25)38-30)16-10-17(12-19(31)11-16)28(32)44(2,42)43/h6-15,28H,3-5,32H2,1-2H3,(H,35,41)(H,39,40)(H,34,37,38). The second-order valence-corrected chi connectivity index (χ2v) is 12.6. The van der Waals surface area contributed by atoms with Gasteiger partial charge in [-0.3, -0.25) is 14.9 Å². The number of rotatable bonds is 9. The van der Waals surface area contributed by atoms with Crippen LogP contribution in [-0.4, -0.2) is 55.7 Å². The average molecular weight is 614 g/mol. The SMILES string of the molecule is CCCCC(=O)Nc1cncc(-c2ccc3[nH]nc(-c4nc5nccc(-c6cc(F)cc(C(N)S(C)(=O)=O)c6)c5[nH]4)c3n2)c1. The second-order valence-electron chi connectivity index (χ2n) is 10.4. The number of nitrogens with zero attached hydrogens (tertiary/aromatic N) is 5. The number of fused-ring (bicyclic) bond motifs is 2. The van der Waals surface area contributed by atoms with E-state index in [-0.39, 0.29) is 11.5 Å². The van der Waals surface area contributed by atoms with Crippen molar-refractivity contribution in [1.29, 1.82) is 0 Å². The van der Waals surface area contributed by atoms with E-state index >= 15 is 0 Å². The van der Waals surface area contributed by atoms with Gasteiger partial charge in [-0.15, -0.1) is 0 Å². The number of pyridine rings is 3. The Hall–Kier alpha value is -5.08. The molecule has 5 heterocycles. The molecule has 6 rings (SSSR count). The van der Waals surface area contributed by atoms with E-state index in [2.05, 4.69) is 35.5 Å². The third-order valence-corrected chi connectivity index (χ3v) is 8.31. The maximum Gasteiger partial charge on any atom is 0.224 e. The zero-order chi connectivity index (χ0) is 31.0. The quantitative estimate of drug-likeness (QED) is 0.176. The van der Waals surface area contributed by atoms with Crippen LogP contribution in [0, 0.1) is 5.82 Å². The first-order valence-electron chi connectivity index (χ1n) is 13.8. The maximum absolute atomic E-state index is 14.6. The van der Waals surface area contributed by atoms with Crippen LogP contribution in [0.5, 0.6) is 0 Å². The fraction of sp³-hybridized carbons (Fsp3) is 0.200. The van der Waals surface area contributed by atoms with Gasteiger partial charge in [0, 0.05) is 36.2 Å². The van der Waals surface area contributed by atoms with Crippen LogP contribution in [0.15, 0.2) is 61.1 Å². The number of sulfone groups is 1. The van der Waals surface area contributed by atoms with E-state index in [9.17, 15) is 17.6 Å². The Labute approximate surface area is 251 Å². The van der Waals surface area contributed by atoms with Gasteiger partial charge in [-0.1, -0.05) is 13.3 Å². The van der Waals surface area contributed by atoms with E-state index in [1.807, 2.05) is 25.1 Å². The summed E-state index contributed by atoms with van der Waals surface area (Å²) in [5, 5.41) is 8.91. The molecular formula is C30H28FN9O3S. The number of aromatic nitrogens is 7. The summed E-state index contributed by atoms with van der Waals surface area (Å²) in [6, 6.07) is 11.1. The number of anilines is 1. The number of hydrogen-bond acceptors (Lipinski definition) is 9. The minimum Gasteiger partial charge on any atom is -0.335 e. The lowest BCUT2D eigenvalue weighted by molar-refractivity contribution is -0.116. The molecule has 5 aromatic heterocycles. The number of nitrogens with one attached hydrogen (secondary N) is 3. The molecule has 5 N–H and O–H groups in total. The van der Waals surface area contributed by atoms with E-state index in [4.69, 9.17) is 10.7 Å². The number of carbonyl (C=O) groups is 1. The summed E-state index contributed by atoms with van der Waals surface area (Å²) in [4.78, 5) is 33.5. The Morgan fingerprint density at radius 2 is 1.93 bits per heavy atom. The number of halogens is 1. The Morgan fingerprint density at radius 1 is 1.09 bits per heavy atom. The highest BCUT2D eigenvalue weighted by Gasteiger charge is 2.21. The summed E-state index contributed by atoms with van der Waals surface area (Å²) in [7, 11) is -3.66. The number of aromatic amines is 2. The third kappa shape index (κ3) is 5.76. The first kappa shape index (κ1) is 29.0. The van der Waals surface area contributed by atoms with E-state index in [1.54, 1.807) is 18.5 Å². The average Bonchev–Trinajstić information content (AvgIpc) is 3.62. The lowest BCUT2D eigenvalue weighted by Gasteiger charge is -2.12. The molecule has 0 aliphatic heterocycles. The molecule has 14 heteroatoms. The van der Waals surface area contributed by atoms with Crippen LogP contribution in [0.3, 0.4) is 0 Å². The fourth-order valence-electron chi connectivity index (χ4n) is 4.88. The van der Waals surface area contributed by atoms with Crippen molar-refractivity contribution in [2.75, 3.05) is 11.6 Å². The fourth-order valence-corrected chi connectivity index (χ4v) is 5.51. The lowest BCUT2D eigenvalue weighted by atomic mass is 10.0. The van der Waals surface area contributed by atoms with Crippen molar-refractivity contribution in [3.63, 3.8) is 0 Å². The van der Waals surface area contributed by atoms with Gasteiger partial charge in [0.15, 0.2) is 27.0 Å². The molecule has 6 aromatic rings. The predicted octanol–water partition coefficient (Wildman–Crippen LogP) is 4.89. The Morgan fingerprint density at radius 3 is 2.73 bits per heavy atom. The number of unbranched alkanes of at least 4 members (excludes halogenated alkanes) is 1. The molecule has 0 radical (unpaired) electrons. The third-order valence-electron chi connectivity index (χ3n) is 7.12. The van der Waals surface area contributed by atoms with Gasteiger partial charge in [0.2, 0.25) is 5.91 Å². The molecule has 224 valence electrons. The molecule has 0 saturated heterocycles. The molecule has 0 spiro atoms. The highest BCUT2D eigenvalue weighted by atomic mass is 32.2. The molecule has 1 atom stereocenters. The van der Waals surface area contributed by atoms with E-state index in [0.29, 0.717) is 68.2 Å². The highest BCUT2D eigenvalue weighted by molar-refractivity contribution is 7.90. The van der Waals surface area contributed by atoms with Gasteiger partial charge in [-0.05, 0) is 60.0 Å². The zero-order valence-electron chi connectivity index (χ0n) is 23.8. The monoisotopic (exact) mass is 613 g/mol.